The van der Waals surface area contributed by atoms with Gasteiger partial charge in [-0.3, -0.25) is 4.79 Å². The number of rotatable bonds is 4. The highest BCUT2D eigenvalue weighted by Crippen LogP contribution is 2.37. The number of benzene rings is 1. The molecule has 0 bridgehead atoms. The number of aromatic nitrogens is 2. The van der Waals surface area contributed by atoms with Gasteiger partial charge < -0.3 is 10.2 Å². The van der Waals surface area contributed by atoms with Crippen molar-refractivity contribution < 1.29 is 4.79 Å². The molecule has 2 aromatic heterocycles. The number of nitrogens with one attached hydrogen (secondary N) is 1. The van der Waals surface area contributed by atoms with Crippen LogP contribution in [0, 0.1) is 0 Å². The Morgan fingerprint density at radius 2 is 2.00 bits per heavy atom. The van der Waals surface area contributed by atoms with E-state index in [1.54, 1.807) is 23.7 Å². The Kier molecular flexibility index (Phi) is 4.82. The minimum Gasteiger partial charge on any atom is -0.367 e. The number of nitrogens with zero attached hydrogens (tertiary/aromatic N) is 3. The Bertz CT molecular complexity index is 963. The molecule has 0 spiro atoms. The highest BCUT2D eigenvalue weighted by Gasteiger charge is 2.23. The van der Waals surface area contributed by atoms with Gasteiger partial charge in [0.05, 0.1) is 5.39 Å². The summed E-state index contributed by atoms with van der Waals surface area (Å²) in [6.07, 6.45) is 6.24. The maximum atomic E-state index is 11.6. The molecular weight excluding hydrogens is 368 g/mol. The van der Waals surface area contributed by atoms with Crippen LogP contribution >= 0.6 is 22.9 Å². The zero-order valence-corrected chi connectivity index (χ0v) is 16.4. The van der Waals surface area contributed by atoms with Gasteiger partial charge in [0, 0.05) is 27.7 Å². The molecule has 1 fully saturated rings. The number of carbonyl (C=O) groups excluding carboxylic acids is 1. The Morgan fingerprint density at radius 1 is 1.23 bits per heavy atom. The minimum absolute atomic E-state index is 0.414. The first kappa shape index (κ1) is 17.6. The van der Waals surface area contributed by atoms with E-state index in [1.807, 2.05) is 12.1 Å². The van der Waals surface area contributed by atoms with E-state index in [0.29, 0.717) is 17.6 Å². The average molecular weight is 389 g/mol. The SMILES string of the molecule is CN(C)[C@H]1CC[C@H](Nc2ncnc3sc4ccc(C(=O)Cl)cc4c23)CC1. The topological polar surface area (TPSA) is 58.1 Å². The normalized spacial score (nSPS) is 20.8. The van der Waals surface area contributed by atoms with Crippen molar-refractivity contribution in [1.82, 2.24) is 14.9 Å². The molecule has 0 unspecified atom stereocenters. The zero-order valence-electron chi connectivity index (χ0n) is 14.8. The van der Waals surface area contributed by atoms with Crippen molar-refractivity contribution >= 4 is 54.3 Å². The van der Waals surface area contributed by atoms with E-state index in [1.165, 1.54) is 12.8 Å². The van der Waals surface area contributed by atoms with Crippen LogP contribution in [0.4, 0.5) is 5.82 Å². The maximum absolute atomic E-state index is 11.6. The molecule has 3 aromatic rings. The molecule has 7 heteroatoms. The Labute approximate surface area is 161 Å². The minimum atomic E-state index is -0.445. The van der Waals surface area contributed by atoms with Crippen LogP contribution < -0.4 is 5.32 Å². The third kappa shape index (κ3) is 3.29. The van der Waals surface area contributed by atoms with Crippen molar-refractivity contribution in [2.24, 2.45) is 0 Å². The maximum Gasteiger partial charge on any atom is 0.252 e. The van der Waals surface area contributed by atoms with Gasteiger partial charge in [0.15, 0.2) is 0 Å². The lowest BCUT2D eigenvalue weighted by molar-refractivity contribution is 0.108. The van der Waals surface area contributed by atoms with E-state index in [9.17, 15) is 4.79 Å². The number of thiophene rings is 1. The van der Waals surface area contributed by atoms with E-state index in [0.717, 1.165) is 39.0 Å². The molecule has 1 saturated carbocycles. The quantitative estimate of drug-likeness (QED) is 0.666. The molecule has 0 atom stereocenters. The van der Waals surface area contributed by atoms with Crippen molar-refractivity contribution in [2.75, 3.05) is 19.4 Å². The summed E-state index contributed by atoms with van der Waals surface area (Å²) in [7, 11) is 4.30. The standard InChI is InChI=1S/C19H21ClN4OS/c1-24(2)13-6-4-12(5-7-13)23-18-16-14-9-11(17(20)25)3-8-15(14)26-19(16)22-10-21-18/h3,8-10,12-13H,4-7H2,1-2H3,(H,21,22,23)/t12-,13-. The fourth-order valence-electron chi connectivity index (χ4n) is 3.77. The summed E-state index contributed by atoms with van der Waals surface area (Å²) in [5.74, 6) is 0.855. The third-order valence-electron chi connectivity index (χ3n) is 5.26. The molecule has 1 aromatic carbocycles. The molecule has 0 saturated heterocycles. The summed E-state index contributed by atoms with van der Waals surface area (Å²) in [4.78, 5) is 23.7. The van der Waals surface area contributed by atoms with Crippen LogP contribution in [0.1, 0.15) is 36.0 Å². The summed E-state index contributed by atoms with van der Waals surface area (Å²) in [6.45, 7) is 0. The Morgan fingerprint density at radius 3 is 2.69 bits per heavy atom. The van der Waals surface area contributed by atoms with Gasteiger partial charge in [0.2, 0.25) is 0 Å². The molecule has 1 aliphatic rings. The van der Waals surface area contributed by atoms with Crippen LogP contribution in [-0.4, -0.2) is 46.3 Å². The van der Waals surface area contributed by atoms with Crippen LogP contribution in [0.3, 0.4) is 0 Å². The lowest BCUT2D eigenvalue weighted by Crippen LogP contribution is -2.36. The molecule has 2 heterocycles. The van der Waals surface area contributed by atoms with Gasteiger partial charge in [0.1, 0.15) is 17.0 Å². The van der Waals surface area contributed by atoms with Crippen LogP contribution in [-0.2, 0) is 0 Å². The van der Waals surface area contributed by atoms with Gasteiger partial charge in [0.25, 0.3) is 5.24 Å². The Balaban J connectivity index is 1.68. The second-order valence-electron chi connectivity index (χ2n) is 7.10. The number of halogens is 1. The Hall–Kier alpha value is -1.76. The molecule has 0 aliphatic heterocycles. The van der Waals surface area contributed by atoms with E-state index >= 15 is 0 Å². The van der Waals surface area contributed by atoms with Gasteiger partial charge in [-0.1, -0.05) is 0 Å². The van der Waals surface area contributed by atoms with Crippen molar-refractivity contribution in [2.45, 2.75) is 37.8 Å². The molecule has 26 heavy (non-hydrogen) atoms. The molecule has 5 nitrogen and oxygen atoms in total. The van der Waals surface area contributed by atoms with E-state index in [2.05, 4.69) is 34.3 Å². The van der Waals surface area contributed by atoms with Gasteiger partial charge in [-0.05, 0) is 69.6 Å². The smallest absolute Gasteiger partial charge is 0.252 e. The first-order chi connectivity index (χ1) is 12.5. The molecule has 1 N–H and O–H groups in total. The zero-order chi connectivity index (χ0) is 18.3. The highest BCUT2D eigenvalue weighted by molar-refractivity contribution is 7.25. The van der Waals surface area contributed by atoms with Gasteiger partial charge in [-0.25, -0.2) is 9.97 Å². The number of hydrogen-bond acceptors (Lipinski definition) is 6. The average Bonchev–Trinajstić information content (AvgIpc) is 3.00. The first-order valence-electron chi connectivity index (χ1n) is 8.83. The van der Waals surface area contributed by atoms with Gasteiger partial charge in [-0.15, -0.1) is 11.3 Å². The van der Waals surface area contributed by atoms with Crippen molar-refractivity contribution in [3.63, 3.8) is 0 Å². The summed E-state index contributed by atoms with van der Waals surface area (Å²) in [5, 5.41) is 5.16. The number of anilines is 1. The van der Waals surface area contributed by atoms with Crippen molar-refractivity contribution in [1.29, 1.82) is 0 Å². The number of carbonyl (C=O) groups is 1. The highest BCUT2D eigenvalue weighted by atomic mass is 35.5. The van der Waals surface area contributed by atoms with Crippen LogP contribution in [0.15, 0.2) is 24.5 Å². The lowest BCUT2D eigenvalue weighted by atomic mass is 9.90. The second kappa shape index (κ2) is 7.10. The summed E-state index contributed by atoms with van der Waals surface area (Å²) >= 11 is 7.28. The molecule has 0 radical (unpaired) electrons. The third-order valence-corrected chi connectivity index (χ3v) is 6.56. The first-order valence-corrected chi connectivity index (χ1v) is 10.0. The van der Waals surface area contributed by atoms with Gasteiger partial charge >= 0.3 is 0 Å². The van der Waals surface area contributed by atoms with Crippen LogP contribution in [0.5, 0.6) is 0 Å². The van der Waals surface area contributed by atoms with Crippen LogP contribution in [0.2, 0.25) is 0 Å². The summed E-state index contributed by atoms with van der Waals surface area (Å²) in [5.41, 5.74) is 0.500. The van der Waals surface area contributed by atoms with Crippen molar-refractivity contribution in [3.8, 4) is 0 Å². The predicted octanol–water partition coefficient (Wildman–Crippen LogP) is 4.51. The van der Waals surface area contributed by atoms with E-state index < -0.39 is 5.24 Å². The second-order valence-corrected chi connectivity index (χ2v) is 8.48. The molecule has 0 amide bonds. The monoisotopic (exact) mass is 388 g/mol. The fraction of sp³-hybridized carbons (Fsp3) is 0.421. The van der Waals surface area contributed by atoms with Crippen LogP contribution in [0.25, 0.3) is 20.3 Å². The molecule has 1 aliphatic carbocycles. The predicted molar refractivity (Wildman–Crippen MR) is 108 cm³/mol. The summed E-state index contributed by atoms with van der Waals surface area (Å²) in [6, 6.07) is 6.62. The van der Waals surface area contributed by atoms with E-state index in [4.69, 9.17) is 11.6 Å². The largest absolute Gasteiger partial charge is 0.367 e. The van der Waals surface area contributed by atoms with Crippen molar-refractivity contribution in [3.05, 3.63) is 30.1 Å². The van der Waals surface area contributed by atoms with E-state index in [-0.39, 0.29) is 0 Å². The van der Waals surface area contributed by atoms with Gasteiger partial charge in [-0.2, -0.15) is 0 Å². The molecule has 136 valence electrons. The molecule has 4 rings (SSSR count). The summed E-state index contributed by atoms with van der Waals surface area (Å²) < 4.78 is 1.08. The number of fused-ring (bicyclic) bond motifs is 3. The lowest BCUT2D eigenvalue weighted by Gasteiger charge is -2.33. The fourth-order valence-corrected chi connectivity index (χ4v) is 4.91. The molecular formula is C19H21ClN4OS. The number of hydrogen-bond donors (Lipinski definition) is 1.